The molecule has 0 radical (unpaired) electrons. The predicted octanol–water partition coefficient (Wildman–Crippen LogP) is 1.72. The van der Waals surface area contributed by atoms with E-state index in [-0.39, 0.29) is 5.91 Å². The number of nitrogens with one attached hydrogen (secondary N) is 1. The van der Waals surface area contributed by atoms with Gasteiger partial charge in [0.05, 0.1) is 0 Å². The van der Waals surface area contributed by atoms with Crippen molar-refractivity contribution in [3.8, 4) is 0 Å². The summed E-state index contributed by atoms with van der Waals surface area (Å²) >= 11 is 0. The molecule has 1 saturated carbocycles. The van der Waals surface area contributed by atoms with Gasteiger partial charge in [0, 0.05) is 26.6 Å². The number of aliphatic carboxylic acids is 1. The van der Waals surface area contributed by atoms with Crippen molar-refractivity contribution in [2.75, 3.05) is 19.6 Å². The number of nitrogens with zero attached hydrogens (tertiary/aromatic N) is 1. The van der Waals surface area contributed by atoms with Crippen LogP contribution < -0.4 is 5.32 Å². The zero-order valence-electron chi connectivity index (χ0n) is 12.9. The lowest BCUT2D eigenvalue weighted by molar-refractivity contribution is -0.143. The standard InChI is InChI=1S/C15H28N2O3/c1-11-6-4-5-7-14(11)10-17(12(2)15(19)20)9-8-16-13(3)18/h11-12,14H,4-10H2,1-3H3,(H,16,18)(H,19,20). The van der Waals surface area contributed by atoms with Crippen molar-refractivity contribution in [2.45, 2.75) is 52.5 Å². The topological polar surface area (TPSA) is 69.6 Å². The van der Waals surface area contributed by atoms with Gasteiger partial charge < -0.3 is 10.4 Å². The summed E-state index contributed by atoms with van der Waals surface area (Å²) in [5.74, 6) is 0.367. The molecule has 1 rings (SSSR count). The van der Waals surface area contributed by atoms with Crippen molar-refractivity contribution in [3.63, 3.8) is 0 Å². The monoisotopic (exact) mass is 284 g/mol. The van der Waals surface area contributed by atoms with Crippen LogP contribution in [0, 0.1) is 11.8 Å². The molecule has 2 N–H and O–H groups in total. The molecule has 0 bridgehead atoms. The first-order valence-corrected chi connectivity index (χ1v) is 7.63. The van der Waals surface area contributed by atoms with Gasteiger partial charge in [0.2, 0.25) is 5.91 Å². The summed E-state index contributed by atoms with van der Waals surface area (Å²) in [5.41, 5.74) is 0. The minimum atomic E-state index is -0.795. The molecule has 1 aliphatic rings. The summed E-state index contributed by atoms with van der Waals surface area (Å²) in [5, 5.41) is 12.0. The highest BCUT2D eigenvalue weighted by molar-refractivity contribution is 5.73. The molecule has 0 aromatic heterocycles. The van der Waals surface area contributed by atoms with Crippen LogP contribution in [0.3, 0.4) is 0 Å². The van der Waals surface area contributed by atoms with Crippen LogP contribution in [-0.2, 0) is 9.59 Å². The second-order valence-corrected chi connectivity index (χ2v) is 6.01. The van der Waals surface area contributed by atoms with E-state index in [0.29, 0.717) is 24.9 Å². The Morgan fingerprint density at radius 2 is 2.00 bits per heavy atom. The molecule has 5 heteroatoms. The quantitative estimate of drug-likeness (QED) is 0.747. The first-order chi connectivity index (χ1) is 9.41. The van der Waals surface area contributed by atoms with Gasteiger partial charge in [-0.2, -0.15) is 0 Å². The van der Waals surface area contributed by atoms with Crippen LogP contribution in [0.2, 0.25) is 0 Å². The number of carbonyl (C=O) groups is 2. The number of rotatable bonds is 7. The Morgan fingerprint density at radius 1 is 1.35 bits per heavy atom. The fourth-order valence-electron chi connectivity index (χ4n) is 2.94. The fourth-order valence-corrected chi connectivity index (χ4v) is 2.94. The van der Waals surface area contributed by atoms with E-state index in [9.17, 15) is 14.7 Å². The van der Waals surface area contributed by atoms with Gasteiger partial charge in [-0.15, -0.1) is 0 Å². The summed E-state index contributed by atoms with van der Waals surface area (Å²) in [6.07, 6.45) is 4.96. The van der Waals surface area contributed by atoms with Gasteiger partial charge in [0.15, 0.2) is 0 Å². The van der Waals surface area contributed by atoms with E-state index in [0.717, 1.165) is 6.54 Å². The molecule has 0 spiro atoms. The van der Waals surface area contributed by atoms with Gasteiger partial charge in [-0.3, -0.25) is 14.5 Å². The van der Waals surface area contributed by atoms with Crippen LogP contribution in [0.5, 0.6) is 0 Å². The maximum atomic E-state index is 11.2. The van der Waals surface area contributed by atoms with Crippen LogP contribution >= 0.6 is 0 Å². The zero-order chi connectivity index (χ0) is 15.1. The third kappa shape index (κ3) is 5.49. The molecule has 1 fully saturated rings. The lowest BCUT2D eigenvalue weighted by Gasteiger charge is -2.35. The molecule has 116 valence electrons. The van der Waals surface area contributed by atoms with Crippen molar-refractivity contribution in [1.82, 2.24) is 10.2 Å². The third-order valence-corrected chi connectivity index (χ3v) is 4.44. The van der Waals surface area contributed by atoms with Crippen molar-refractivity contribution >= 4 is 11.9 Å². The van der Waals surface area contributed by atoms with Crippen LogP contribution in [0.1, 0.15) is 46.5 Å². The molecular weight excluding hydrogens is 256 g/mol. The Balaban J connectivity index is 2.56. The molecule has 0 aliphatic heterocycles. The highest BCUT2D eigenvalue weighted by atomic mass is 16.4. The van der Waals surface area contributed by atoms with Gasteiger partial charge in [0.25, 0.3) is 0 Å². The average Bonchev–Trinajstić information content (AvgIpc) is 2.38. The fraction of sp³-hybridized carbons (Fsp3) is 0.867. The smallest absolute Gasteiger partial charge is 0.320 e. The van der Waals surface area contributed by atoms with E-state index in [1.54, 1.807) is 6.92 Å². The summed E-state index contributed by atoms with van der Waals surface area (Å²) in [6.45, 7) is 7.39. The van der Waals surface area contributed by atoms with Gasteiger partial charge in [-0.1, -0.05) is 26.2 Å². The highest BCUT2D eigenvalue weighted by Crippen LogP contribution is 2.30. The summed E-state index contributed by atoms with van der Waals surface area (Å²) in [4.78, 5) is 24.1. The molecule has 5 nitrogen and oxygen atoms in total. The molecule has 3 atom stereocenters. The van der Waals surface area contributed by atoms with E-state index < -0.39 is 12.0 Å². The molecule has 0 saturated heterocycles. The van der Waals surface area contributed by atoms with Gasteiger partial charge >= 0.3 is 5.97 Å². The normalized spacial score (nSPS) is 24.4. The highest BCUT2D eigenvalue weighted by Gasteiger charge is 2.27. The van der Waals surface area contributed by atoms with Crippen LogP contribution in [0.25, 0.3) is 0 Å². The number of carboxylic acids is 1. The lowest BCUT2D eigenvalue weighted by Crippen LogP contribution is -2.46. The first kappa shape index (κ1) is 17.0. The van der Waals surface area contributed by atoms with E-state index >= 15 is 0 Å². The molecular formula is C15H28N2O3. The van der Waals surface area contributed by atoms with Crippen molar-refractivity contribution in [2.24, 2.45) is 11.8 Å². The van der Waals surface area contributed by atoms with Crippen molar-refractivity contribution < 1.29 is 14.7 Å². The van der Waals surface area contributed by atoms with Gasteiger partial charge in [0.1, 0.15) is 6.04 Å². The number of carbonyl (C=O) groups excluding carboxylic acids is 1. The first-order valence-electron chi connectivity index (χ1n) is 7.63. The average molecular weight is 284 g/mol. The van der Waals surface area contributed by atoms with Crippen LogP contribution in [0.15, 0.2) is 0 Å². The molecule has 3 unspecified atom stereocenters. The number of carboxylic acid groups (broad SMARTS) is 1. The third-order valence-electron chi connectivity index (χ3n) is 4.44. The largest absolute Gasteiger partial charge is 0.480 e. The maximum Gasteiger partial charge on any atom is 0.320 e. The van der Waals surface area contributed by atoms with E-state index in [2.05, 4.69) is 12.2 Å². The molecule has 1 amide bonds. The molecule has 20 heavy (non-hydrogen) atoms. The van der Waals surface area contributed by atoms with Gasteiger partial charge in [-0.05, 0) is 25.2 Å². The number of amides is 1. The number of hydrogen-bond acceptors (Lipinski definition) is 3. The van der Waals surface area contributed by atoms with Crippen molar-refractivity contribution in [1.29, 1.82) is 0 Å². The Bertz CT molecular complexity index is 333. The molecule has 0 aromatic carbocycles. The molecule has 0 heterocycles. The Labute approximate surface area is 121 Å². The Morgan fingerprint density at radius 3 is 2.55 bits per heavy atom. The SMILES string of the molecule is CC(=O)NCCN(CC1CCCCC1C)C(C)C(=O)O. The summed E-state index contributed by atoms with van der Waals surface area (Å²) in [7, 11) is 0. The van der Waals surface area contributed by atoms with Crippen LogP contribution in [0.4, 0.5) is 0 Å². The number of hydrogen-bond donors (Lipinski definition) is 2. The second kappa shape index (κ2) is 8.25. The lowest BCUT2D eigenvalue weighted by atomic mass is 9.80. The van der Waals surface area contributed by atoms with Crippen molar-refractivity contribution in [3.05, 3.63) is 0 Å². The Hall–Kier alpha value is -1.10. The van der Waals surface area contributed by atoms with E-state index in [1.165, 1.54) is 32.6 Å². The Kier molecular flexibility index (Phi) is 6.99. The van der Waals surface area contributed by atoms with Crippen LogP contribution in [-0.4, -0.2) is 47.6 Å². The minimum Gasteiger partial charge on any atom is -0.480 e. The molecule has 1 aliphatic carbocycles. The molecule has 0 aromatic rings. The zero-order valence-corrected chi connectivity index (χ0v) is 12.9. The van der Waals surface area contributed by atoms with Gasteiger partial charge in [-0.25, -0.2) is 0 Å². The summed E-state index contributed by atoms with van der Waals surface area (Å²) < 4.78 is 0. The predicted molar refractivity (Wildman–Crippen MR) is 78.5 cm³/mol. The summed E-state index contributed by atoms with van der Waals surface area (Å²) in [6, 6.07) is -0.502. The van der Waals surface area contributed by atoms with E-state index in [4.69, 9.17) is 0 Å². The van der Waals surface area contributed by atoms with E-state index in [1.807, 2.05) is 4.90 Å². The second-order valence-electron chi connectivity index (χ2n) is 6.01. The maximum absolute atomic E-state index is 11.2. The minimum absolute atomic E-state index is 0.0704.